The van der Waals surface area contributed by atoms with Crippen LogP contribution in [0.25, 0.3) is 0 Å². The Labute approximate surface area is 177 Å². The largest absolute Gasteiger partial charge is 0.469 e. The zero-order valence-corrected chi connectivity index (χ0v) is 19.0. The zero-order chi connectivity index (χ0) is 21.0. The number of aliphatic hydroxyl groups is 1. The van der Waals surface area contributed by atoms with Crippen LogP contribution in [0.1, 0.15) is 85.0 Å². The molecule has 4 fully saturated rings. The Kier molecular flexibility index (Phi) is 5.83. The van der Waals surface area contributed by atoms with Gasteiger partial charge in [0.2, 0.25) is 0 Å². The normalized spacial score (nSPS) is 50.2. The number of aliphatic hydroxyl groups excluding tert-OH is 1. The average molecular weight is 406 g/mol. The van der Waals surface area contributed by atoms with Crippen molar-refractivity contribution in [3.8, 4) is 0 Å². The number of fused-ring (bicyclic) bond motifs is 5. The summed E-state index contributed by atoms with van der Waals surface area (Å²) in [5.41, 5.74) is 7.65. The number of hydrogen-bond acceptors (Lipinski definition) is 4. The molecule has 0 radical (unpaired) electrons. The molecule has 3 unspecified atom stereocenters. The second-order valence-corrected chi connectivity index (χ2v) is 11.6. The molecular weight excluding hydrogens is 362 g/mol. The number of esters is 1. The fourth-order valence-corrected chi connectivity index (χ4v) is 8.92. The van der Waals surface area contributed by atoms with Gasteiger partial charge in [-0.05, 0) is 104 Å². The van der Waals surface area contributed by atoms with Crippen LogP contribution in [0.4, 0.5) is 0 Å². The molecule has 0 aromatic rings. The molecule has 0 bridgehead atoms. The highest BCUT2D eigenvalue weighted by molar-refractivity contribution is 5.69. The number of nitrogens with two attached hydrogens (primary N) is 1. The van der Waals surface area contributed by atoms with Crippen molar-refractivity contribution in [2.24, 2.45) is 52.1 Å². The number of carbonyl (C=O) groups is 1. The highest BCUT2D eigenvalue weighted by atomic mass is 16.5. The Morgan fingerprint density at radius 2 is 1.79 bits per heavy atom. The average Bonchev–Trinajstić information content (AvgIpc) is 3.04. The van der Waals surface area contributed by atoms with Crippen LogP contribution < -0.4 is 5.73 Å². The lowest BCUT2D eigenvalue weighted by molar-refractivity contribution is -0.142. The molecule has 0 saturated heterocycles. The smallest absolute Gasteiger partial charge is 0.305 e. The third-order valence-corrected chi connectivity index (χ3v) is 10.5. The summed E-state index contributed by atoms with van der Waals surface area (Å²) in [4.78, 5) is 11.7. The minimum Gasteiger partial charge on any atom is -0.469 e. The van der Waals surface area contributed by atoms with E-state index >= 15 is 0 Å². The van der Waals surface area contributed by atoms with Gasteiger partial charge >= 0.3 is 5.97 Å². The molecule has 0 aromatic heterocycles. The van der Waals surface area contributed by atoms with E-state index in [4.69, 9.17) is 10.5 Å². The molecule has 4 heteroatoms. The van der Waals surface area contributed by atoms with Gasteiger partial charge in [0.15, 0.2) is 0 Å². The number of carbonyl (C=O) groups excluding carboxylic acids is 1. The van der Waals surface area contributed by atoms with Gasteiger partial charge in [-0.25, -0.2) is 0 Å². The SMILES string of the molecule is COC(=O)CC[C@@H](C)[C@H]1CCC2C3C(CC[C@@]21C)[C@@]1(C)CC[C@@H](O)C[C@H]1C[C@H]3N. The van der Waals surface area contributed by atoms with Crippen molar-refractivity contribution in [1.82, 2.24) is 0 Å². The molecule has 3 N–H and O–H groups in total. The van der Waals surface area contributed by atoms with Gasteiger partial charge in [0.1, 0.15) is 0 Å². The third-order valence-electron chi connectivity index (χ3n) is 10.5. The summed E-state index contributed by atoms with van der Waals surface area (Å²) < 4.78 is 4.88. The van der Waals surface area contributed by atoms with Gasteiger partial charge in [0, 0.05) is 12.5 Å². The third kappa shape index (κ3) is 3.46. The lowest BCUT2D eigenvalue weighted by Gasteiger charge is -2.63. The topological polar surface area (TPSA) is 72.5 Å². The summed E-state index contributed by atoms with van der Waals surface area (Å²) in [5.74, 6) is 3.88. The van der Waals surface area contributed by atoms with Gasteiger partial charge in [0.25, 0.3) is 0 Å². The van der Waals surface area contributed by atoms with Crippen molar-refractivity contribution < 1.29 is 14.6 Å². The summed E-state index contributed by atoms with van der Waals surface area (Å²) in [5, 5.41) is 10.3. The predicted molar refractivity (Wildman–Crippen MR) is 115 cm³/mol. The molecule has 29 heavy (non-hydrogen) atoms. The van der Waals surface area contributed by atoms with Crippen LogP contribution in [0.5, 0.6) is 0 Å². The minimum absolute atomic E-state index is 0.0759. The van der Waals surface area contributed by atoms with Crippen LogP contribution in [-0.4, -0.2) is 30.3 Å². The van der Waals surface area contributed by atoms with E-state index in [2.05, 4.69) is 20.8 Å². The van der Waals surface area contributed by atoms with E-state index < -0.39 is 0 Å². The summed E-state index contributed by atoms with van der Waals surface area (Å²) in [7, 11) is 1.49. The first-order valence-corrected chi connectivity index (χ1v) is 12.2. The van der Waals surface area contributed by atoms with Crippen LogP contribution in [0.2, 0.25) is 0 Å². The van der Waals surface area contributed by atoms with E-state index in [1.54, 1.807) is 0 Å². The maximum absolute atomic E-state index is 11.7. The molecule has 10 atom stereocenters. The maximum atomic E-state index is 11.7. The molecule has 4 aliphatic rings. The van der Waals surface area contributed by atoms with Crippen molar-refractivity contribution in [3.05, 3.63) is 0 Å². The van der Waals surface area contributed by atoms with Gasteiger partial charge in [-0.15, -0.1) is 0 Å². The Balaban J connectivity index is 1.53. The molecule has 4 nitrogen and oxygen atoms in total. The molecule has 4 rings (SSSR count). The van der Waals surface area contributed by atoms with E-state index in [1.807, 2.05) is 0 Å². The Morgan fingerprint density at radius 3 is 2.52 bits per heavy atom. The van der Waals surface area contributed by atoms with Gasteiger partial charge in [-0.1, -0.05) is 20.8 Å². The Hall–Kier alpha value is -0.610. The van der Waals surface area contributed by atoms with Crippen molar-refractivity contribution in [2.45, 2.75) is 97.1 Å². The minimum atomic E-state index is -0.114. The van der Waals surface area contributed by atoms with Gasteiger partial charge < -0.3 is 15.6 Å². The highest BCUT2D eigenvalue weighted by Gasteiger charge is 2.62. The summed E-state index contributed by atoms with van der Waals surface area (Å²) >= 11 is 0. The molecule has 166 valence electrons. The lowest BCUT2D eigenvalue weighted by Crippen LogP contribution is -2.60. The fraction of sp³-hybridized carbons (Fsp3) is 0.960. The van der Waals surface area contributed by atoms with Gasteiger partial charge in [-0.3, -0.25) is 4.79 Å². The van der Waals surface area contributed by atoms with Gasteiger partial charge in [0.05, 0.1) is 13.2 Å². The van der Waals surface area contributed by atoms with Crippen molar-refractivity contribution in [1.29, 1.82) is 0 Å². The predicted octanol–water partition coefficient (Wildman–Crippen LogP) is 4.53. The molecule has 0 aliphatic heterocycles. The standard InChI is InChI=1S/C25H43NO3/c1-15(5-8-22(28)29-4)18-6-7-19-23-20(10-12-25(18,19)3)24(2)11-9-17(27)13-16(24)14-21(23)26/h15-21,23,27H,5-14,26H2,1-4H3/t15-,16+,17-,18-,19?,20?,21-,23?,24+,25-/m1/s1. The molecule has 4 saturated carbocycles. The van der Waals surface area contributed by atoms with E-state index in [0.29, 0.717) is 40.9 Å². The van der Waals surface area contributed by atoms with Crippen LogP contribution in [0.3, 0.4) is 0 Å². The van der Waals surface area contributed by atoms with Gasteiger partial charge in [-0.2, -0.15) is 0 Å². The maximum Gasteiger partial charge on any atom is 0.305 e. The first kappa shape index (κ1) is 21.6. The van der Waals surface area contributed by atoms with E-state index in [9.17, 15) is 9.90 Å². The number of rotatable bonds is 4. The molecule has 0 heterocycles. The van der Waals surface area contributed by atoms with Crippen molar-refractivity contribution in [3.63, 3.8) is 0 Å². The van der Waals surface area contributed by atoms with Crippen LogP contribution in [0, 0.1) is 46.3 Å². The summed E-state index contributed by atoms with van der Waals surface area (Å²) in [6.07, 6.45) is 10.8. The zero-order valence-electron chi connectivity index (χ0n) is 19.0. The second-order valence-electron chi connectivity index (χ2n) is 11.6. The second kappa shape index (κ2) is 7.82. The fourth-order valence-electron chi connectivity index (χ4n) is 8.92. The monoisotopic (exact) mass is 405 g/mol. The van der Waals surface area contributed by atoms with Crippen LogP contribution >= 0.6 is 0 Å². The van der Waals surface area contributed by atoms with Crippen molar-refractivity contribution >= 4 is 5.97 Å². The first-order chi connectivity index (χ1) is 13.7. The van der Waals surface area contributed by atoms with E-state index in [1.165, 1.54) is 39.2 Å². The van der Waals surface area contributed by atoms with Crippen LogP contribution in [-0.2, 0) is 9.53 Å². The highest BCUT2D eigenvalue weighted by Crippen LogP contribution is 2.68. The number of ether oxygens (including phenoxy) is 1. The Bertz CT molecular complexity index is 623. The number of methoxy groups -OCH3 is 1. The lowest BCUT2D eigenvalue weighted by atomic mass is 9.43. The Morgan fingerprint density at radius 1 is 1.10 bits per heavy atom. The summed E-state index contributed by atoms with van der Waals surface area (Å²) in [6.45, 7) is 7.43. The quantitative estimate of drug-likeness (QED) is 0.674. The number of hydrogen-bond donors (Lipinski definition) is 2. The van der Waals surface area contributed by atoms with Crippen LogP contribution in [0.15, 0.2) is 0 Å². The molecule has 4 aliphatic carbocycles. The molecule has 0 spiro atoms. The van der Waals surface area contributed by atoms with E-state index in [0.717, 1.165) is 37.5 Å². The molecular formula is C25H43NO3. The molecule has 0 aromatic carbocycles. The van der Waals surface area contributed by atoms with E-state index in [-0.39, 0.29) is 18.1 Å². The van der Waals surface area contributed by atoms with Crippen molar-refractivity contribution in [2.75, 3.05) is 7.11 Å². The first-order valence-electron chi connectivity index (χ1n) is 12.2. The summed E-state index contributed by atoms with van der Waals surface area (Å²) in [6, 6.07) is 0.289. The molecule has 0 amide bonds.